The second-order valence-corrected chi connectivity index (χ2v) is 5.61. The number of aryl methyl sites for hydroxylation is 1. The van der Waals surface area contributed by atoms with Crippen LogP contribution in [-0.2, 0) is 11.3 Å². The van der Waals surface area contributed by atoms with E-state index >= 15 is 0 Å². The summed E-state index contributed by atoms with van der Waals surface area (Å²) >= 11 is 3.48. The van der Waals surface area contributed by atoms with E-state index < -0.39 is 0 Å². The minimum atomic E-state index is 0.114. The molecule has 1 aliphatic rings. The first-order valence-corrected chi connectivity index (χ1v) is 10.0. The van der Waals surface area contributed by atoms with Crippen molar-refractivity contribution in [3.63, 3.8) is 0 Å². The summed E-state index contributed by atoms with van der Waals surface area (Å²) < 4.78 is 6.44. The Morgan fingerprint density at radius 2 is 1.71 bits per heavy atom. The molecule has 0 fully saturated rings. The molecule has 24 heavy (non-hydrogen) atoms. The van der Waals surface area contributed by atoms with Crippen LogP contribution >= 0.6 is 15.9 Å². The van der Waals surface area contributed by atoms with Gasteiger partial charge in [0.2, 0.25) is 0 Å². The molecule has 0 bridgehead atoms. The predicted molar refractivity (Wildman–Crippen MR) is 109 cm³/mol. The van der Waals surface area contributed by atoms with Gasteiger partial charge in [-0.1, -0.05) is 57.5 Å². The number of halogens is 1. The highest BCUT2D eigenvalue weighted by Crippen LogP contribution is 2.30. The van der Waals surface area contributed by atoms with Crippen LogP contribution in [0.5, 0.6) is 0 Å². The fourth-order valence-electron chi connectivity index (χ4n) is 2.38. The third-order valence-corrected chi connectivity index (χ3v) is 3.75. The molecule has 1 amide bonds. The van der Waals surface area contributed by atoms with Gasteiger partial charge in [-0.25, -0.2) is 0 Å². The highest BCUT2D eigenvalue weighted by molar-refractivity contribution is 9.10. The lowest BCUT2D eigenvalue weighted by atomic mass is 10.0. The van der Waals surface area contributed by atoms with E-state index in [-0.39, 0.29) is 11.9 Å². The summed E-state index contributed by atoms with van der Waals surface area (Å²) in [7, 11) is 0. The predicted octanol–water partition coefficient (Wildman–Crippen LogP) is 6.22. The Labute approximate surface area is 157 Å². The van der Waals surface area contributed by atoms with Crippen molar-refractivity contribution in [1.29, 1.82) is 0 Å². The van der Waals surface area contributed by atoms with Crippen molar-refractivity contribution in [2.45, 2.75) is 74.9 Å². The van der Waals surface area contributed by atoms with Gasteiger partial charge in [0.05, 0.1) is 12.6 Å². The van der Waals surface area contributed by atoms with E-state index in [0.717, 1.165) is 21.2 Å². The molecular formula is C20H36BrNO2. The Morgan fingerprint density at radius 1 is 1.17 bits per heavy atom. The highest BCUT2D eigenvalue weighted by atomic mass is 79.9. The van der Waals surface area contributed by atoms with Gasteiger partial charge in [-0.3, -0.25) is 4.79 Å². The Morgan fingerprint density at radius 3 is 2.21 bits per heavy atom. The van der Waals surface area contributed by atoms with E-state index in [1.54, 1.807) is 0 Å². The SMILES string of the molecule is CC.CC.CC.CCOCC(C)N1Cc2cc(Br)cc(C)c2C1=O. The summed E-state index contributed by atoms with van der Waals surface area (Å²) in [6.07, 6.45) is 0. The van der Waals surface area contributed by atoms with E-state index in [0.29, 0.717) is 19.8 Å². The number of carbonyl (C=O) groups excluding carboxylic acids is 1. The summed E-state index contributed by atoms with van der Waals surface area (Å²) in [4.78, 5) is 14.3. The smallest absolute Gasteiger partial charge is 0.255 e. The summed E-state index contributed by atoms with van der Waals surface area (Å²) in [6, 6.07) is 4.14. The summed E-state index contributed by atoms with van der Waals surface area (Å²) in [5, 5.41) is 0. The first-order valence-electron chi connectivity index (χ1n) is 9.22. The molecule has 4 heteroatoms. The molecule has 0 aliphatic carbocycles. The Balaban J connectivity index is 0. The fourth-order valence-corrected chi connectivity index (χ4v) is 3.00. The largest absolute Gasteiger partial charge is 0.380 e. The third-order valence-electron chi connectivity index (χ3n) is 3.29. The fraction of sp³-hybridized carbons (Fsp3) is 0.650. The van der Waals surface area contributed by atoms with Crippen LogP contribution in [0.1, 0.15) is 76.9 Å². The number of benzene rings is 1. The van der Waals surface area contributed by atoms with E-state index in [1.807, 2.05) is 79.3 Å². The molecule has 1 atom stereocenters. The highest BCUT2D eigenvalue weighted by Gasteiger charge is 2.32. The number of rotatable bonds is 4. The Hall–Kier alpha value is -0.870. The van der Waals surface area contributed by atoms with Crippen LogP contribution in [0.3, 0.4) is 0 Å². The zero-order chi connectivity index (χ0) is 19.3. The second kappa shape index (κ2) is 14.5. The summed E-state index contributed by atoms with van der Waals surface area (Å²) in [6.45, 7) is 19.9. The normalized spacial score (nSPS) is 12.8. The average Bonchev–Trinajstić information content (AvgIpc) is 2.95. The zero-order valence-electron chi connectivity index (χ0n) is 17.0. The minimum absolute atomic E-state index is 0.114. The molecule has 0 saturated heterocycles. The van der Waals surface area contributed by atoms with Crippen molar-refractivity contribution in [2.75, 3.05) is 13.2 Å². The second-order valence-electron chi connectivity index (χ2n) is 4.70. The Bertz CT molecular complexity index is 475. The lowest BCUT2D eigenvalue weighted by Crippen LogP contribution is -2.36. The van der Waals surface area contributed by atoms with E-state index in [9.17, 15) is 4.79 Å². The molecule has 140 valence electrons. The maximum Gasteiger partial charge on any atom is 0.255 e. The molecule has 0 radical (unpaired) electrons. The number of nitrogens with zero attached hydrogens (tertiary/aromatic N) is 1. The molecule has 1 aliphatic heterocycles. The molecule has 0 spiro atoms. The van der Waals surface area contributed by atoms with Crippen LogP contribution in [-0.4, -0.2) is 30.1 Å². The van der Waals surface area contributed by atoms with Crippen molar-refractivity contribution in [1.82, 2.24) is 4.90 Å². The monoisotopic (exact) mass is 401 g/mol. The van der Waals surface area contributed by atoms with Crippen LogP contribution in [0, 0.1) is 6.92 Å². The molecule has 0 aromatic heterocycles. The van der Waals surface area contributed by atoms with Crippen molar-refractivity contribution < 1.29 is 9.53 Å². The number of amides is 1. The van der Waals surface area contributed by atoms with Crippen LogP contribution in [0.4, 0.5) is 0 Å². The van der Waals surface area contributed by atoms with E-state index in [4.69, 9.17) is 4.74 Å². The van der Waals surface area contributed by atoms with Gasteiger partial charge in [-0.2, -0.15) is 0 Å². The van der Waals surface area contributed by atoms with Crippen molar-refractivity contribution in [2.24, 2.45) is 0 Å². The van der Waals surface area contributed by atoms with Gasteiger partial charge in [-0.05, 0) is 44.0 Å². The molecular weight excluding hydrogens is 366 g/mol. The van der Waals surface area contributed by atoms with E-state index in [2.05, 4.69) is 15.9 Å². The lowest BCUT2D eigenvalue weighted by molar-refractivity contribution is 0.0514. The van der Waals surface area contributed by atoms with Crippen LogP contribution in [0.15, 0.2) is 16.6 Å². The zero-order valence-corrected chi connectivity index (χ0v) is 18.6. The van der Waals surface area contributed by atoms with Crippen LogP contribution in [0.25, 0.3) is 0 Å². The van der Waals surface area contributed by atoms with Gasteiger partial charge in [-0.15, -0.1) is 0 Å². The van der Waals surface area contributed by atoms with Gasteiger partial charge >= 0.3 is 0 Å². The summed E-state index contributed by atoms with van der Waals surface area (Å²) in [5.41, 5.74) is 3.01. The lowest BCUT2D eigenvalue weighted by Gasteiger charge is -2.23. The van der Waals surface area contributed by atoms with Gasteiger partial charge < -0.3 is 9.64 Å². The summed E-state index contributed by atoms with van der Waals surface area (Å²) in [5.74, 6) is 0.127. The quantitative estimate of drug-likeness (QED) is 0.599. The Kier molecular flexibility index (Phi) is 15.3. The molecule has 1 heterocycles. The standard InChI is InChI=1S/C14H18BrNO2.3C2H6/c1-4-18-8-10(3)16-7-11-6-12(15)5-9(2)13(11)14(16)17;3*1-2/h5-6,10H,4,7-8H2,1-3H3;3*1-2H3. The number of hydrogen-bond donors (Lipinski definition) is 0. The topological polar surface area (TPSA) is 29.5 Å². The average molecular weight is 402 g/mol. The number of hydrogen-bond acceptors (Lipinski definition) is 2. The molecule has 2 rings (SSSR count). The van der Waals surface area contributed by atoms with Crippen molar-refractivity contribution >= 4 is 21.8 Å². The maximum atomic E-state index is 12.4. The first kappa shape index (κ1) is 25.4. The molecule has 1 aromatic rings. The van der Waals surface area contributed by atoms with E-state index in [1.165, 1.54) is 0 Å². The van der Waals surface area contributed by atoms with Gasteiger partial charge in [0.25, 0.3) is 5.91 Å². The minimum Gasteiger partial charge on any atom is -0.380 e. The van der Waals surface area contributed by atoms with Gasteiger partial charge in [0, 0.05) is 23.2 Å². The number of fused-ring (bicyclic) bond motifs is 1. The molecule has 1 unspecified atom stereocenters. The number of ether oxygens (including phenoxy) is 1. The van der Waals surface area contributed by atoms with Gasteiger partial charge in [0.15, 0.2) is 0 Å². The molecule has 0 N–H and O–H groups in total. The van der Waals surface area contributed by atoms with Crippen molar-refractivity contribution in [3.05, 3.63) is 33.3 Å². The van der Waals surface area contributed by atoms with Crippen LogP contribution in [0.2, 0.25) is 0 Å². The number of carbonyl (C=O) groups is 1. The first-order chi connectivity index (χ1) is 11.5. The van der Waals surface area contributed by atoms with Gasteiger partial charge in [0.1, 0.15) is 0 Å². The molecule has 1 aromatic carbocycles. The molecule has 3 nitrogen and oxygen atoms in total. The third kappa shape index (κ3) is 6.94. The molecule has 0 saturated carbocycles. The maximum absolute atomic E-state index is 12.4. The van der Waals surface area contributed by atoms with Crippen molar-refractivity contribution in [3.8, 4) is 0 Å². The van der Waals surface area contributed by atoms with Crippen LogP contribution < -0.4 is 0 Å².